The second kappa shape index (κ2) is 5.41. The summed E-state index contributed by atoms with van der Waals surface area (Å²) in [6.45, 7) is 0.782. The summed E-state index contributed by atoms with van der Waals surface area (Å²) >= 11 is 5.84. The summed E-state index contributed by atoms with van der Waals surface area (Å²) in [5.74, 6) is 0.726. The summed E-state index contributed by atoms with van der Waals surface area (Å²) in [6.07, 6.45) is 2.25. The Kier molecular flexibility index (Phi) is 3.89. The van der Waals surface area contributed by atoms with Crippen LogP contribution in [0.15, 0.2) is 24.3 Å². The van der Waals surface area contributed by atoms with Crippen LogP contribution in [0.3, 0.4) is 0 Å². The highest BCUT2D eigenvalue weighted by Crippen LogP contribution is 2.22. The largest absolute Gasteiger partial charge is 0.508 e. The molecule has 1 saturated heterocycles. The molecular formula is C13H16ClNO2. The van der Waals surface area contributed by atoms with Crippen molar-refractivity contribution in [1.82, 2.24) is 4.90 Å². The van der Waals surface area contributed by atoms with Gasteiger partial charge in [0.15, 0.2) is 0 Å². The van der Waals surface area contributed by atoms with Crippen LogP contribution in [0.1, 0.15) is 18.4 Å². The van der Waals surface area contributed by atoms with Gasteiger partial charge in [0.25, 0.3) is 0 Å². The monoisotopic (exact) mass is 253 g/mol. The molecule has 0 bridgehead atoms. The molecule has 1 aliphatic rings. The van der Waals surface area contributed by atoms with Gasteiger partial charge in [0.2, 0.25) is 5.91 Å². The number of phenolic OH excluding ortho intramolecular Hbond substituents is 1. The van der Waals surface area contributed by atoms with Gasteiger partial charge in [-0.15, -0.1) is 11.6 Å². The predicted molar refractivity (Wildman–Crippen MR) is 67.3 cm³/mol. The first-order chi connectivity index (χ1) is 8.22. The zero-order valence-corrected chi connectivity index (χ0v) is 10.4. The third-order valence-corrected chi connectivity index (χ3v) is 3.57. The number of phenols is 1. The van der Waals surface area contributed by atoms with Crippen molar-refractivity contribution in [3.63, 3.8) is 0 Å². The number of likely N-dealkylation sites (tertiary alicyclic amines) is 1. The summed E-state index contributed by atoms with van der Waals surface area (Å²) in [5, 5.41) is 9.63. The zero-order valence-electron chi connectivity index (χ0n) is 9.60. The lowest BCUT2D eigenvalue weighted by Crippen LogP contribution is -2.37. The average molecular weight is 254 g/mol. The number of hydrogen-bond donors (Lipinski definition) is 1. The van der Waals surface area contributed by atoms with E-state index >= 15 is 0 Å². The Labute approximate surface area is 106 Å². The lowest BCUT2D eigenvalue weighted by atomic mass is 10.1. The molecule has 1 unspecified atom stereocenters. The summed E-state index contributed by atoms with van der Waals surface area (Å²) in [4.78, 5) is 13.9. The SMILES string of the molecule is O=C(Cc1ccccc1O)N1CCCC1CCl. The van der Waals surface area contributed by atoms with Crippen molar-refractivity contribution in [2.45, 2.75) is 25.3 Å². The summed E-state index contributed by atoms with van der Waals surface area (Å²) < 4.78 is 0. The molecule has 1 fully saturated rings. The number of amides is 1. The number of alkyl halides is 1. The lowest BCUT2D eigenvalue weighted by molar-refractivity contribution is -0.130. The summed E-state index contributed by atoms with van der Waals surface area (Å²) in [6, 6.07) is 7.12. The number of nitrogens with zero attached hydrogens (tertiary/aromatic N) is 1. The average Bonchev–Trinajstić information content (AvgIpc) is 2.80. The Morgan fingerprint density at radius 1 is 1.47 bits per heavy atom. The van der Waals surface area contributed by atoms with Gasteiger partial charge in [0.1, 0.15) is 5.75 Å². The Morgan fingerprint density at radius 2 is 2.24 bits per heavy atom. The van der Waals surface area contributed by atoms with Gasteiger partial charge >= 0.3 is 0 Å². The number of carbonyl (C=O) groups excluding carboxylic acids is 1. The summed E-state index contributed by atoms with van der Waals surface area (Å²) in [7, 11) is 0. The molecule has 92 valence electrons. The van der Waals surface area contributed by atoms with Gasteiger partial charge in [0, 0.05) is 24.0 Å². The van der Waals surface area contributed by atoms with Crippen molar-refractivity contribution < 1.29 is 9.90 Å². The predicted octanol–water partition coefficient (Wildman–Crippen LogP) is 2.16. The first-order valence-corrected chi connectivity index (χ1v) is 6.38. The molecule has 0 spiro atoms. The molecule has 0 aliphatic carbocycles. The van der Waals surface area contributed by atoms with Crippen LogP contribution in [0, 0.1) is 0 Å². The highest BCUT2D eigenvalue weighted by atomic mass is 35.5. The molecule has 1 aromatic carbocycles. The van der Waals surface area contributed by atoms with Crippen LogP contribution >= 0.6 is 11.6 Å². The highest BCUT2D eigenvalue weighted by Gasteiger charge is 2.27. The first kappa shape index (κ1) is 12.2. The van der Waals surface area contributed by atoms with Crippen LogP contribution < -0.4 is 0 Å². The van der Waals surface area contributed by atoms with E-state index in [1.54, 1.807) is 18.2 Å². The van der Waals surface area contributed by atoms with Crippen molar-refractivity contribution in [3.05, 3.63) is 29.8 Å². The van der Waals surface area contributed by atoms with E-state index in [0.29, 0.717) is 11.4 Å². The fraction of sp³-hybridized carbons (Fsp3) is 0.462. The Bertz CT molecular complexity index is 408. The number of para-hydroxylation sites is 1. The van der Waals surface area contributed by atoms with E-state index < -0.39 is 0 Å². The second-order valence-corrected chi connectivity index (χ2v) is 4.65. The minimum Gasteiger partial charge on any atom is -0.508 e. The lowest BCUT2D eigenvalue weighted by Gasteiger charge is -2.23. The maximum absolute atomic E-state index is 12.1. The smallest absolute Gasteiger partial charge is 0.227 e. The van der Waals surface area contributed by atoms with E-state index in [4.69, 9.17) is 11.6 Å². The van der Waals surface area contributed by atoms with Crippen LogP contribution in [0.25, 0.3) is 0 Å². The van der Waals surface area contributed by atoms with Crippen molar-refractivity contribution >= 4 is 17.5 Å². The van der Waals surface area contributed by atoms with Crippen molar-refractivity contribution in [2.75, 3.05) is 12.4 Å². The number of hydrogen-bond acceptors (Lipinski definition) is 2. The maximum Gasteiger partial charge on any atom is 0.227 e. The van der Waals surface area contributed by atoms with Crippen LogP contribution in [0.2, 0.25) is 0 Å². The highest BCUT2D eigenvalue weighted by molar-refractivity contribution is 6.18. The van der Waals surface area contributed by atoms with E-state index in [2.05, 4.69) is 0 Å². The van der Waals surface area contributed by atoms with E-state index in [1.165, 1.54) is 0 Å². The molecule has 1 N–H and O–H groups in total. The fourth-order valence-electron chi connectivity index (χ4n) is 2.25. The van der Waals surface area contributed by atoms with Gasteiger partial charge in [-0.05, 0) is 18.9 Å². The summed E-state index contributed by atoms with van der Waals surface area (Å²) in [5.41, 5.74) is 0.678. The Balaban J connectivity index is 2.04. The zero-order chi connectivity index (χ0) is 12.3. The van der Waals surface area contributed by atoms with E-state index in [0.717, 1.165) is 19.4 Å². The van der Waals surface area contributed by atoms with Gasteiger partial charge < -0.3 is 10.0 Å². The van der Waals surface area contributed by atoms with E-state index in [9.17, 15) is 9.90 Å². The van der Waals surface area contributed by atoms with Crippen LogP contribution in [-0.4, -0.2) is 34.4 Å². The van der Waals surface area contributed by atoms with Crippen molar-refractivity contribution in [1.29, 1.82) is 0 Å². The second-order valence-electron chi connectivity index (χ2n) is 4.34. The van der Waals surface area contributed by atoms with E-state index in [-0.39, 0.29) is 24.1 Å². The fourth-order valence-corrected chi connectivity index (χ4v) is 2.57. The first-order valence-electron chi connectivity index (χ1n) is 5.84. The van der Waals surface area contributed by atoms with Crippen molar-refractivity contribution in [3.8, 4) is 5.75 Å². The quantitative estimate of drug-likeness (QED) is 0.839. The number of rotatable bonds is 3. The standard InChI is InChI=1S/C13H16ClNO2/c14-9-11-5-3-7-15(11)13(17)8-10-4-1-2-6-12(10)16/h1-2,4,6,11,16H,3,5,7-9H2. The third kappa shape index (κ3) is 2.72. The van der Waals surface area contributed by atoms with Crippen LogP contribution in [0.5, 0.6) is 5.75 Å². The maximum atomic E-state index is 12.1. The molecule has 1 atom stereocenters. The number of aromatic hydroxyl groups is 1. The minimum absolute atomic E-state index is 0.0506. The molecule has 3 nitrogen and oxygen atoms in total. The molecule has 0 radical (unpaired) electrons. The molecule has 2 rings (SSSR count). The number of benzene rings is 1. The molecule has 1 amide bonds. The topological polar surface area (TPSA) is 40.5 Å². The third-order valence-electron chi connectivity index (χ3n) is 3.21. The molecule has 0 saturated carbocycles. The van der Waals surface area contributed by atoms with Crippen LogP contribution in [0.4, 0.5) is 0 Å². The van der Waals surface area contributed by atoms with Gasteiger partial charge in [-0.2, -0.15) is 0 Å². The van der Waals surface area contributed by atoms with Gasteiger partial charge in [0.05, 0.1) is 6.42 Å². The molecule has 0 aromatic heterocycles. The molecule has 1 aliphatic heterocycles. The van der Waals surface area contributed by atoms with E-state index in [1.807, 2.05) is 11.0 Å². The Morgan fingerprint density at radius 3 is 2.94 bits per heavy atom. The normalized spacial score (nSPS) is 19.6. The van der Waals surface area contributed by atoms with Crippen molar-refractivity contribution in [2.24, 2.45) is 0 Å². The van der Waals surface area contributed by atoms with Gasteiger partial charge in [-0.3, -0.25) is 4.79 Å². The van der Waals surface area contributed by atoms with Gasteiger partial charge in [-0.1, -0.05) is 18.2 Å². The molecule has 1 aromatic rings. The number of halogens is 1. The molecular weight excluding hydrogens is 238 g/mol. The van der Waals surface area contributed by atoms with Gasteiger partial charge in [-0.25, -0.2) is 0 Å². The number of carbonyl (C=O) groups is 1. The molecule has 1 heterocycles. The molecule has 4 heteroatoms. The Hall–Kier alpha value is -1.22. The minimum atomic E-state index is 0.0506. The molecule has 17 heavy (non-hydrogen) atoms. The van der Waals surface area contributed by atoms with Crippen LogP contribution in [-0.2, 0) is 11.2 Å².